The summed E-state index contributed by atoms with van der Waals surface area (Å²) >= 11 is 0. The fraction of sp³-hybridized carbons (Fsp3) is 0.720. The Bertz CT molecular complexity index is 677. The maximum Gasteiger partial charge on any atom is 0.254 e. The largest absolute Gasteiger partial charge is 0.371 e. The molecular formula is C25H39N3O. The van der Waals surface area contributed by atoms with Crippen molar-refractivity contribution < 1.29 is 4.79 Å². The average molecular weight is 398 g/mol. The zero-order chi connectivity index (χ0) is 20.4. The van der Waals surface area contributed by atoms with Crippen LogP contribution in [0.15, 0.2) is 24.3 Å². The number of hydrogen-bond acceptors (Lipinski definition) is 3. The SMILES string of the molecule is CCN(C(=O)c1ccc(N2CCC3(CC2)CCN(C2CCC2)CC3)cc1)C(C)C. The number of nitrogens with zero attached hydrogens (tertiary/aromatic N) is 3. The molecule has 4 heteroatoms. The zero-order valence-corrected chi connectivity index (χ0v) is 18.7. The number of likely N-dealkylation sites (tertiary alicyclic amines) is 1. The molecule has 0 N–H and O–H groups in total. The molecule has 160 valence electrons. The van der Waals surface area contributed by atoms with E-state index in [9.17, 15) is 4.79 Å². The van der Waals surface area contributed by atoms with Gasteiger partial charge in [0.1, 0.15) is 0 Å². The number of benzene rings is 1. The first-order valence-corrected chi connectivity index (χ1v) is 11.9. The van der Waals surface area contributed by atoms with E-state index in [2.05, 4.69) is 35.8 Å². The van der Waals surface area contributed by atoms with Crippen LogP contribution in [-0.2, 0) is 0 Å². The molecule has 4 nitrogen and oxygen atoms in total. The number of anilines is 1. The van der Waals surface area contributed by atoms with E-state index in [4.69, 9.17) is 0 Å². The Morgan fingerprint density at radius 3 is 2.10 bits per heavy atom. The van der Waals surface area contributed by atoms with Gasteiger partial charge in [0.2, 0.25) is 0 Å². The van der Waals surface area contributed by atoms with Crippen molar-refractivity contribution in [1.82, 2.24) is 9.80 Å². The monoisotopic (exact) mass is 397 g/mol. The molecular weight excluding hydrogens is 358 g/mol. The Morgan fingerprint density at radius 1 is 1.03 bits per heavy atom. The maximum absolute atomic E-state index is 12.7. The van der Waals surface area contributed by atoms with E-state index < -0.39 is 0 Å². The van der Waals surface area contributed by atoms with Crippen molar-refractivity contribution in [3.63, 3.8) is 0 Å². The van der Waals surface area contributed by atoms with Gasteiger partial charge >= 0.3 is 0 Å². The molecule has 0 atom stereocenters. The van der Waals surface area contributed by atoms with Crippen LogP contribution in [0.3, 0.4) is 0 Å². The van der Waals surface area contributed by atoms with E-state index >= 15 is 0 Å². The van der Waals surface area contributed by atoms with Crippen LogP contribution in [0.1, 0.15) is 76.1 Å². The summed E-state index contributed by atoms with van der Waals surface area (Å²) in [5.41, 5.74) is 2.67. The van der Waals surface area contributed by atoms with Gasteiger partial charge in [-0.05, 0) is 102 Å². The van der Waals surface area contributed by atoms with Gasteiger partial charge in [-0.2, -0.15) is 0 Å². The van der Waals surface area contributed by atoms with Crippen LogP contribution in [0.25, 0.3) is 0 Å². The molecule has 1 spiro atoms. The summed E-state index contributed by atoms with van der Waals surface area (Å²) < 4.78 is 0. The van der Waals surface area contributed by atoms with Crippen LogP contribution >= 0.6 is 0 Å². The predicted octanol–water partition coefficient (Wildman–Crippen LogP) is 4.79. The summed E-state index contributed by atoms with van der Waals surface area (Å²) in [5.74, 6) is 0.143. The fourth-order valence-corrected chi connectivity index (χ4v) is 5.58. The molecule has 3 aliphatic rings. The highest BCUT2D eigenvalue weighted by atomic mass is 16.2. The van der Waals surface area contributed by atoms with Gasteiger partial charge in [0, 0.05) is 43.0 Å². The first-order valence-electron chi connectivity index (χ1n) is 11.9. The Hall–Kier alpha value is -1.55. The molecule has 2 heterocycles. The van der Waals surface area contributed by atoms with Gasteiger partial charge in [0.05, 0.1) is 0 Å². The molecule has 1 amide bonds. The maximum atomic E-state index is 12.7. The molecule has 2 aliphatic heterocycles. The minimum atomic E-state index is 0.143. The Kier molecular flexibility index (Phi) is 6.19. The topological polar surface area (TPSA) is 26.8 Å². The van der Waals surface area contributed by atoms with E-state index in [0.717, 1.165) is 31.2 Å². The first kappa shape index (κ1) is 20.7. The summed E-state index contributed by atoms with van der Waals surface area (Å²) in [5, 5.41) is 0. The second kappa shape index (κ2) is 8.67. The Labute approximate surface area is 177 Å². The molecule has 0 radical (unpaired) electrons. The molecule has 0 bridgehead atoms. The van der Waals surface area contributed by atoms with Gasteiger partial charge in [0.15, 0.2) is 0 Å². The smallest absolute Gasteiger partial charge is 0.254 e. The summed E-state index contributed by atoms with van der Waals surface area (Å²) in [6, 6.07) is 9.49. The van der Waals surface area contributed by atoms with E-state index in [1.165, 1.54) is 63.7 Å². The van der Waals surface area contributed by atoms with Crippen LogP contribution in [-0.4, -0.2) is 60.5 Å². The molecule has 1 aromatic rings. The van der Waals surface area contributed by atoms with E-state index in [0.29, 0.717) is 5.41 Å². The van der Waals surface area contributed by atoms with Gasteiger partial charge in [-0.1, -0.05) is 6.42 Å². The second-order valence-electron chi connectivity index (χ2n) is 9.84. The van der Waals surface area contributed by atoms with Gasteiger partial charge in [-0.25, -0.2) is 0 Å². The lowest BCUT2D eigenvalue weighted by Crippen LogP contribution is -2.50. The van der Waals surface area contributed by atoms with Gasteiger partial charge < -0.3 is 14.7 Å². The number of rotatable bonds is 5. The molecule has 0 unspecified atom stereocenters. The number of carbonyl (C=O) groups excluding carboxylic acids is 1. The molecule has 1 aliphatic carbocycles. The zero-order valence-electron chi connectivity index (χ0n) is 18.7. The third kappa shape index (κ3) is 4.33. The van der Waals surface area contributed by atoms with E-state index in [-0.39, 0.29) is 11.9 Å². The highest BCUT2D eigenvalue weighted by Crippen LogP contribution is 2.43. The van der Waals surface area contributed by atoms with Crippen molar-refractivity contribution in [3.05, 3.63) is 29.8 Å². The molecule has 3 fully saturated rings. The molecule has 29 heavy (non-hydrogen) atoms. The van der Waals surface area contributed by atoms with Gasteiger partial charge in [-0.15, -0.1) is 0 Å². The van der Waals surface area contributed by atoms with Crippen molar-refractivity contribution in [2.75, 3.05) is 37.6 Å². The lowest BCUT2D eigenvalue weighted by Gasteiger charge is -2.50. The van der Waals surface area contributed by atoms with Crippen LogP contribution in [0.2, 0.25) is 0 Å². The van der Waals surface area contributed by atoms with Crippen molar-refractivity contribution in [1.29, 1.82) is 0 Å². The summed E-state index contributed by atoms with van der Waals surface area (Å²) in [6.07, 6.45) is 9.75. The lowest BCUT2D eigenvalue weighted by atomic mass is 9.70. The Balaban J connectivity index is 1.31. The summed E-state index contributed by atoms with van der Waals surface area (Å²) in [4.78, 5) is 19.9. The normalized spacial score (nSPS) is 22.7. The Morgan fingerprint density at radius 2 is 1.62 bits per heavy atom. The van der Waals surface area contributed by atoms with E-state index in [1.54, 1.807) is 0 Å². The third-order valence-electron chi connectivity index (χ3n) is 7.98. The summed E-state index contributed by atoms with van der Waals surface area (Å²) in [7, 11) is 0. The van der Waals surface area contributed by atoms with Crippen LogP contribution in [0, 0.1) is 5.41 Å². The quantitative estimate of drug-likeness (QED) is 0.714. The molecule has 4 rings (SSSR count). The highest BCUT2D eigenvalue weighted by Gasteiger charge is 2.39. The third-order valence-corrected chi connectivity index (χ3v) is 7.98. The lowest BCUT2D eigenvalue weighted by molar-refractivity contribution is 0.0306. The number of hydrogen-bond donors (Lipinski definition) is 0. The molecule has 2 saturated heterocycles. The number of amides is 1. The second-order valence-corrected chi connectivity index (χ2v) is 9.84. The van der Waals surface area contributed by atoms with Crippen molar-refractivity contribution in [2.24, 2.45) is 5.41 Å². The van der Waals surface area contributed by atoms with Gasteiger partial charge in [0.25, 0.3) is 5.91 Å². The van der Waals surface area contributed by atoms with Crippen molar-refractivity contribution >= 4 is 11.6 Å². The minimum Gasteiger partial charge on any atom is -0.371 e. The fourth-order valence-electron chi connectivity index (χ4n) is 5.58. The summed E-state index contributed by atoms with van der Waals surface area (Å²) in [6.45, 7) is 11.9. The van der Waals surface area contributed by atoms with Gasteiger partial charge in [-0.3, -0.25) is 4.79 Å². The van der Waals surface area contributed by atoms with E-state index in [1.807, 2.05) is 24.0 Å². The predicted molar refractivity (Wildman–Crippen MR) is 121 cm³/mol. The minimum absolute atomic E-state index is 0.143. The van der Waals surface area contributed by atoms with Crippen molar-refractivity contribution in [2.45, 2.75) is 77.8 Å². The molecule has 1 saturated carbocycles. The number of carbonyl (C=O) groups is 1. The highest BCUT2D eigenvalue weighted by molar-refractivity contribution is 5.94. The van der Waals surface area contributed by atoms with Crippen LogP contribution < -0.4 is 4.90 Å². The van der Waals surface area contributed by atoms with Crippen LogP contribution in [0.5, 0.6) is 0 Å². The van der Waals surface area contributed by atoms with Crippen LogP contribution in [0.4, 0.5) is 5.69 Å². The van der Waals surface area contributed by atoms with Crippen molar-refractivity contribution in [3.8, 4) is 0 Å². The first-order chi connectivity index (χ1) is 14.0. The average Bonchev–Trinajstić information content (AvgIpc) is 2.69. The number of piperidine rings is 2. The standard InChI is InChI=1S/C25H39N3O/c1-4-28(20(2)3)24(29)21-8-10-23(11-9-21)27-18-14-25(15-19-27)12-16-26(17-13-25)22-6-5-7-22/h8-11,20,22H,4-7,12-19H2,1-3H3. The molecule has 0 aromatic heterocycles. The molecule has 1 aromatic carbocycles.